The molecular formula is C11H22N2O2. The lowest BCUT2D eigenvalue weighted by Gasteiger charge is -2.22. The zero-order valence-electron chi connectivity index (χ0n) is 9.95. The fraction of sp³-hybridized carbons (Fsp3) is 0.909. The highest BCUT2D eigenvalue weighted by molar-refractivity contribution is 5.75. The summed E-state index contributed by atoms with van der Waals surface area (Å²) in [5, 5.41) is 2.99. The second-order valence-corrected chi connectivity index (χ2v) is 4.01. The van der Waals surface area contributed by atoms with E-state index in [-0.39, 0.29) is 12.0 Å². The summed E-state index contributed by atoms with van der Waals surface area (Å²) >= 11 is 0. The third-order valence-electron chi connectivity index (χ3n) is 3.01. The summed E-state index contributed by atoms with van der Waals surface area (Å²) in [5.74, 6) is -0.163. The van der Waals surface area contributed by atoms with Crippen molar-refractivity contribution in [2.24, 2.45) is 0 Å². The van der Waals surface area contributed by atoms with E-state index in [2.05, 4.69) is 17.1 Å². The average molecular weight is 214 g/mol. The average Bonchev–Trinajstić information content (AvgIpc) is 3.07. The SMILES string of the molecule is CCN(CCC(NC)C(=O)OC)C1CC1. The lowest BCUT2D eigenvalue weighted by atomic mass is 10.2. The molecule has 0 spiro atoms. The van der Waals surface area contributed by atoms with Crippen molar-refractivity contribution in [1.82, 2.24) is 10.2 Å². The summed E-state index contributed by atoms with van der Waals surface area (Å²) in [6, 6.07) is 0.605. The van der Waals surface area contributed by atoms with Gasteiger partial charge in [-0.25, -0.2) is 0 Å². The van der Waals surface area contributed by atoms with Gasteiger partial charge in [-0.3, -0.25) is 4.79 Å². The Morgan fingerprint density at radius 2 is 2.27 bits per heavy atom. The summed E-state index contributed by atoms with van der Waals surface area (Å²) in [6.07, 6.45) is 3.46. The van der Waals surface area contributed by atoms with Gasteiger partial charge in [-0.2, -0.15) is 0 Å². The van der Waals surface area contributed by atoms with E-state index in [1.807, 2.05) is 0 Å². The number of nitrogens with one attached hydrogen (secondary N) is 1. The Kier molecular flexibility index (Phi) is 5.05. The van der Waals surface area contributed by atoms with Crippen molar-refractivity contribution in [2.45, 2.75) is 38.3 Å². The van der Waals surface area contributed by atoms with Crippen LogP contribution in [0.5, 0.6) is 0 Å². The molecule has 1 rings (SSSR count). The van der Waals surface area contributed by atoms with Crippen LogP contribution in [0.4, 0.5) is 0 Å². The number of methoxy groups -OCH3 is 1. The lowest BCUT2D eigenvalue weighted by molar-refractivity contribution is -0.143. The number of carbonyl (C=O) groups excluding carboxylic acids is 1. The second-order valence-electron chi connectivity index (χ2n) is 4.01. The number of hydrogen-bond acceptors (Lipinski definition) is 4. The molecule has 0 radical (unpaired) electrons. The third kappa shape index (κ3) is 3.80. The van der Waals surface area contributed by atoms with Crippen LogP contribution >= 0.6 is 0 Å². The predicted octanol–water partition coefficient (Wildman–Crippen LogP) is 0.622. The van der Waals surface area contributed by atoms with Crippen LogP contribution in [0, 0.1) is 0 Å². The first-order valence-electron chi connectivity index (χ1n) is 5.72. The summed E-state index contributed by atoms with van der Waals surface area (Å²) in [6.45, 7) is 4.22. The van der Waals surface area contributed by atoms with Crippen molar-refractivity contribution >= 4 is 5.97 Å². The Morgan fingerprint density at radius 3 is 2.67 bits per heavy atom. The first-order valence-corrected chi connectivity index (χ1v) is 5.72. The minimum atomic E-state index is -0.164. The van der Waals surface area contributed by atoms with Crippen LogP contribution in [0.2, 0.25) is 0 Å². The van der Waals surface area contributed by atoms with Crippen molar-refractivity contribution in [2.75, 3.05) is 27.2 Å². The van der Waals surface area contributed by atoms with Gasteiger partial charge >= 0.3 is 5.97 Å². The van der Waals surface area contributed by atoms with Crippen molar-refractivity contribution in [3.8, 4) is 0 Å². The van der Waals surface area contributed by atoms with Gasteiger partial charge in [-0.05, 0) is 32.9 Å². The van der Waals surface area contributed by atoms with E-state index >= 15 is 0 Å². The molecule has 1 atom stereocenters. The number of rotatable bonds is 7. The smallest absolute Gasteiger partial charge is 0.322 e. The van der Waals surface area contributed by atoms with Crippen molar-refractivity contribution in [3.05, 3.63) is 0 Å². The van der Waals surface area contributed by atoms with Gasteiger partial charge in [0.1, 0.15) is 6.04 Å². The number of carbonyl (C=O) groups is 1. The first-order chi connectivity index (χ1) is 7.22. The molecule has 0 aromatic rings. The Hall–Kier alpha value is -0.610. The fourth-order valence-electron chi connectivity index (χ4n) is 1.86. The topological polar surface area (TPSA) is 41.6 Å². The highest BCUT2D eigenvalue weighted by atomic mass is 16.5. The molecule has 0 heterocycles. The first kappa shape index (κ1) is 12.5. The normalized spacial score (nSPS) is 17.9. The molecule has 1 N–H and O–H groups in total. The van der Waals surface area contributed by atoms with Crippen molar-refractivity contribution in [3.63, 3.8) is 0 Å². The van der Waals surface area contributed by atoms with Gasteiger partial charge in [0.2, 0.25) is 0 Å². The van der Waals surface area contributed by atoms with Crippen LogP contribution in [0.25, 0.3) is 0 Å². The molecule has 1 aliphatic carbocycles. The van der Waals surface area contributed by atoms with Crippen LogP contribution in [0.15, 0.2) is 0 Å². The van der Waals surface area contributed by atoms with Crippen LogP contribution in [-0.2, 0) is 9.53 Å². The molecule has 1 fully saturated rings. The Labute approximate surface area is 92.0 Å². The number of ether oxygens (including phenoxy) is 1. The van der Waals surface area contributed by atoms with Gasteiger partial charge in [0, 0.05) is 12.6 Å². The number of nitrogens with zero attached hydrogens (tertiary/aromatic N) is 1. The minimum absolute atomic E-state index is 0.163. The highest BCUT2D eigenvalue weighted by Gasteiger charge is 2.28. The largest absolute Gasteiger partial charge is 0.468 e. The third-order valence-corrected chi connectivity index (χ3v) is 3.01. The molecule has 1 aliphatic rings. The second kappa shape index (κ2) is 6.08. The molecule has 0 amide bonds. The van der Waals surface area contributed by atoms with E-state index < -0.39 is 0 Å². The molecule has 0 saturated heterocycles. The Balaban J connectivity index is 2.28. The zero-order chi connectivity index (χ0) is 11.3. The molecule has 0 bridgehead atoms. The molecular weight excluding hydrogens is 192 g/mol. The summed E-state index contributed by atoms with van der Waals surface area (Å²) in [5.41, 5.74) is 0. The number of esters is 1. The molecule has 4 nitrogen and oxygen atoms in total. The van der Waals surface area contributed by atoms with E-state index in [0.29, 0.717) is 0 Å². The zero-order valence-corrected chi connectivity index (χ0v) is 9.95. The monoisotopic (exact) mass is 214 g/mol. The minimum Gasteiger partial charge on any atom is -0.468 e. The van der Waals surface area contributed by atoms with E-state index in [0.717, 1.165) is 25.6 Å². The summed E-state index contributed by atoms with van der Waals surface area (Å²) in [4.78, 5) is 13.8. The summed E-state index contributed by atoms with van der Waals surface area (Å²) in [7, 11) is 3.24. The number of likely N-dealkylation sites (N-methyl/N-ethyl adjacent to an activating group) is 1. The molecule has 4 heteroatoms. The maximum atomic E-state index is 11.3. The maximum Gasteiger partial charge on any atom is 0.322 e. The highest BCUT2D eigenvalue weighted by Crippen LogP contribution is 2.26. The quantitative estimate of drug-likeness (QED) is 0.631. The van der Waals surface area contributed by atoms with Crippen LogP contribution in [-0.4, -0.2) is 50.2 Å². The summed E-state index contributed by atoms with van der Waals surface area (Å²) < 4.78 is 4.73. The van der Waals surface area contributed by atoms with Crippen LogP contribution in [0.3, 0.4) is 0 Å². The molecule has 1 saturated carbocycles. The van der Waals surface area contributed by atoms with Crippen molar-refractivity contribution in [1.29, 1.82) is 0 Å². The van der Waals surface area contributed by atoms with Gasteiger partial charge in [-0.15, -0.1) is 0 Å². The molecule has 88 valence electrons. The van der Waals surface area contributed by atoms with E-state index in [9.17, 15) is 4.79 Å². The van der Waals surface area contributed by atoms with E-state index in [1.165, 1.54) is 20.0 Å². The Morgan fingerprint density at radius 1 is 1.60 bits per heavy atom. The van der Waals surface area contributed by atoms with Gasteiger partial charge < -0.3 is 15.0 Å². The van der Waals surface area contributed by atoms with Gasteiger partial charge in [0.15, 0.2) is 0 Å². The van der Waals surface area contributed by atoms with Gasteiger partial charge in [-0.1, -0.05) is 6.92 Å². The van der Waals surface area contributed by atoms with Crippen molar-refractivity contribution < 1.29 is 9.53 Å². The standard InChI is InChI=1S/C11H22N2O2/c1-4-13(9-5-6-9)8-7-10(12-2)11(14)15-3/h9-10,12H,4-8H2,1-3H3. The molecule has 0 aromatic heterocycles. The molecule has 15 heavy (non-hydrogen) atoms. The maximum absolute atomic E-state index is 11.3. The van der Waals surface area contributed by atoms with E-state index in [4.69, 9.17) is 4.74 Å². The van der Waals surface area contributed by atoms with Gasteiger partial charge in [0.25, 0.3) is 0 Å². The predicted molar refractivity (Wildman–Crippen MR) is 59.7 cm³/mol. The van der Waals surface area contributed by atoms with Crippen LogP contribution < -0.4 is 5.32 Å². The number of hydrogen-bond donors (Lipinski definition) is 1. The molecule has 0 aromatic carbocycles. The van der Waals surface area contributed by atoms with Crippen LogP contribution in [0.1, 0.15) is 26.2 Å². The van der Waals surface area contributed by atoms with Gasteiger partial charge in [0.05, 0.1) is 7.11 Å². The molecule has 0 aliphatic heterocycles. The lowest BCUT2D eigenvalue weighted by Crippen LogP contribution is -2.39. The Bertz CT molecular complexity index is 205. The molecule has 1 unspecified atom stereocenters. The van der Waals surface area contributed by atoms with E-state index in [1.54, 1.807) is 7.05 Å². The fourth-order valence-corrected chi connectivity index (χ4v) is 1.86.